The number of methoxy groups -OCH3 is 1. The summed E-state index contributed by atoms with van der Waals surface area (Å²) in [4.78, 5) is 13.0. The molecule has 1 saturated heterocycles. The Labute approximate surface area is 157 Å². The number of non-ortho nitro benzene ring substituents is 1. The van der Waals surface area contributed by atoms with Crippen molar-refractivity contribution in [1.82, 2.24) is 4.90 Å². The topological polar surface area (TPSA) is 67.6 Å². The number of nitrogens with one attached hydrogen (secondary N) is 1. The minimum atomic E-state index is -0.390. The average Bonchev–Trinajstić information content (AvgIpc) is 2.65. The highest BCUT2D eigenvalue weighted by atomic mass is 35.5. The molecule has 1 aliphatic heterocycles. The number of ether oxygens (including phenoxy) is 1. The van der Waals surface area contributed by atoms with Crippen LogP contribution < -0.4 is 10.1 Å². The minimum Gasteiger partial charge on any atom is -0.495 e. The molecule has 1 heterocycles. The van der Waals surface area contributed by atoms with Gasteiger partial charge in [0.1, 0.15) is 5.75 Å². The fourth-order valence-corrected chi connectivity index (χ4v) is 3.35. The summed E-state index contributed by atoms with van der Waals surface area (Å²) in [5, 5.41) is 15.2. The van der Waals surface area contributed by atoms with E-state index in [0.717, 1.165) is 37.5 Å². The lowest BCUT2D eigenvalue weighted by molar-refractivity contribution is -0.384. The third kappa shape index (κ3) is 4.65. The van der Waals surface area contributed by atoms with E-state index in [4.69, 9.17) is 16.3 Å². The lowest BCUT2D eigenvalue weighted by atomic mass is 10.0. The van der Waals surface area contributed by atoms with E-state index in [1.165, 1.54) is 11.6 Å². The van der Waals surface area contributed by atoms with Gasteiger partial charge in [0.25, 0.3) is 5.69 Å². The van der Waals surface area contributed by atoms with Crippen molar-refractivity contribution in [1.29, 1.82) is 0 Å². The number of benzene rings is 2. The van der Waals surface area contributed by atoms with Gasteiger partial charge in [-0.25, -0.2) is 0 Å². The number of nitro benzene ring substituents is 1. The highest BCUT2D eigenvalue weighted by Crippen LogP contribution is 2.30. The summed E-state index contributed by atoms with van der Waals surface area (Å²) in [6.07, 6.45) is 1.94. The fraction of sp³-hybridized carbons (Fsp3) is 0.368. The van der Waals surface area contributed by atoms with E-state index in [0.29, 0.717) is 11.4 Å². The highest BCUT2D eigenvalue weighted by Gasteiger charge is 2.21. The first-order valence-corrected chi connectivity index (χ1v) is 8.98. The third-order valence-electron chi connectivity index (χ3n) is 4.66. The molecule has 0 amide bonds. The molecule has 0 spiro atoms. The first-order chi connectivity index (χ1) is 12.5. The number of likely N-dealkylation sites (tertiary alicyclic amines) is 1. The maximum absolute atomic E-state index is 11.0. The molecular formula is C19H22ClN3O3. The molecule has 1 fully saturated rings. The van der Waals surface area contributed by atoms with Crippen molar-refractivity contribution >= 4 is 23.0 Å². The Morgan fingerprint density at radius 3 is 2.54 bits per heavy atom. The molecular weight excluding hydrogens is 354 g/mol. The fourth-order valence-electron chi connectivity index (χ4n) is 3.23. The van der Waals surface area contributed by atoms with E-state index in [1.54, 1.807) is 19.2 Å². The largest absolute Gasteiger partial charge is 0.495 e. The number of piperidine rings is 1. The molecule has 2 aromatic carbocycles. The second kappa shape index (κ2) is 8.38. The molecule has 1 N–H and O–H groups in total. The van der Waals surface area contributed by atoms with Crippen LogP contribution in [0.2, 0.25) is 5.02 Å². The molecule has 6 nitrogen and oxygen atoms in total. The third-order valence-corrected chi connectivity index (χ3v) is 4.91. The lowest BCUT2D eigenvalue weighted by Crippen LogP contribution is -2.38. The van der Waals surface area contributed by atoms with Crippen molar-refractivity contribution in [3.05, 3.63) is 63.2 Å². The van der Waals surface area contributed by atoms with E-state index in [2.05, 4.69) is 22.3 Å². The van der Waals surface area contributed by atoms with Crippen LogP contribution in [0.5, 0.6) is 5.75 Å². The van der Waals surface area contributed by atoms with Gasteiger partial charge in [-0.15, -0.1) is 0 Å². The SMILES string of the molecule is COc1ccc([N+](=O)[O-])cc1NC1CCN(Cc2ccc(Cl)cc2)CC1. The predicted molar refractivity (Wildman–Crippen MR) is 103 cm³/mol. The van der Waals surface area contributed by atoms with Gasteiger partial charge in [-0.05, 0) is 36.6 Å². The zero-order valence-electron chi connectivity index (χ0n) is 14.7. The molecule has 138 valence electrons. The van der Waals surface area contributed by atoms with Crippen LogP contribution in [0, 0.1) is 10.1 Å². The summed E-state index contributed by atoms with van der Waals surface area (Å²) in [7, 11) is 1.57. The van der Waals surface area contributed by atoms with Crippen LogP contribution in [0.15, 0.2) is 42.5 Å². The quantitative estimate of drug-likeness (QED) is 0.601. The minimum absolute atomic E-state index is 0.0634. The van der Waals surface area contributed by atoms with Crippen LogP contribution in [0.1, 0.15) is 18.4 Å². The molecule has 0 unspecified atom stereocenters. The Morgan fingerprint density at radius 2 is 1.92 bits per heavy atom. The molecule has 2 aromatic rings. The number of hydrogen-bond donors (Lipinski definition) is 1. The first kappa shape index (κ1) is 18.5. The lowest BCUT2D eigenvalue weighted by Gasteiger charge is -2.33. The van der Waals surface area contributed by atoms with Crippen LogP contribution in [-0.4, -0.2) is 36.1 Å². The Balaban J connectivity index is 1.57. The van der Waals surface area contributed by atoms with Gasteiger partial charge < -0.3 is 10.1 Å². The Kier molecular flexibility index (Phi) is 5.96. The van der Waals surface area contributed by atoms with Gasteiger partial charge in [0.05, 0.1) is 17.7 Å². The standard InChI is InChI=1S/C19H22ClN3O3/c1-26-19-7-6-17(23(24)25)12-18(19)21-16-8-10-22(11-9-16)13-14-2-4-15(20)5-3-14/h2-7,12,16,21H,8-11,13H2,1H3. The summed E-state index contributed by atoms with van der Waals surface area (Å²) in [5.74, 6) is 0.624. The van der Waals surface area contributed by atoms with Crippen molar-refractivity contribution in [2.24, 2.45) is 0 Å². The number of nitrogens with zero attached hydrogens (tertiary/aromatic N) is 2. The van der Waals surface area contributed by atoms with E-state index in [9.17, 15) is 10.1 Å². The Hall–Kier alpha value is -2.31. The van der Waals surface area contributed by atoms with Gasteiger partial charge in [-0.1, -0.05) is 23.7 Å². The monoisotopic (exact) mass is 375 g/mol. The van der Waals surface area contributed by atoms with Crippen LogP contribution in [-0.2, 0) is 6.54 Å². The zero-order chi connectivity index (χ0) is 18.5. The van der Waals surface area contributed by atoms with Crippen LogP contribution in [0.3, 0.4) is 0 Å². The maximum Gasteiger partial charge on any atom is 0.271 e. The van der Waals surface area contributed by atoms with Gasteiger partial charge in [0.2, 0.25) is 0 Å². The average molecular weight is 376 g/mol. The second-order valence-corrected chi connectivity index (χ2v) is 6.90. The van der Waals surface area contributed by atoms with Crippen molar-refractivity contribution in [3.8, 4) is 5.75 Å². The van der Waals surface area contributed by atoms with Gasteiger partial charge in [-0.2, -0.15) is 0 Å². The normalized spacial score (nSPS) is 15.6. The molecule has 0 atom stereocenters. The molecule has 1 aliphatic rings. The number of nitro groups is 1. The van der Waals surface area contributed by atoms with E-state index in [1.807, 2.05) is 12.1 Å². The van der Waals surface area contributed by atoms with E-state index in [-0.39, 0.29) is 16.7 Å². The molecule has 26 heavy (non-hydrogen) atoms. The summed E-state index contributed by atoms with van der Waals surface area (Å²) >= 11 is 5.93. The predicted octanol–water partition coefficient (Wildman–Crippen LogP) is 4.33. The van der Waals surface area contributed by atoms with Gasteiger partial charge >= 0.3 is 0 Å². The number of rotatable bonds is 6. The van der Waals surface area contributed by atoms with Crippen molar-refractivity contribution in [2.45, 2.75) is 25.4 Å². The molecule has 0 radical (unpaired) electrons. The number of hydrogen-bond acceptors (Lipinski definition) is 5. The molecule has 0 bridgehead atoms. The molecule has 0 saturated carbocycles. The number of anilines is 1. The summed E-state index contributed by atoms with van der Waals surface area (Å²) < 4.78 is 5.33. The van der Waals surface area contributed by atoms with Crippen LogP contribution in [0.4, 0.5) is 11.4 Å². The first-order valence-electron chi connectivity index (χ1n) is 8.61. The Morgan fingerprint density at radius 1 is 1.23 bits per heavy atom. The van der Waals surface area contributed by atoms with E-state index < -0.39 is 0 Å². The van der Waals surface area contributed by atoms with Gasteiger partial charge in [-0.3, -0.25) is 15.0 Å². The Bertz CT molecular complexity index is 759. The zero-order valence-corrected chi connectivity index (χ0v) is 15.4. The number of halogens is 1. The second-order valence-electron chi connectivity index (χ2n) is 6.46. The molecule has 0 aliphatic carbocycles. The van der Waals surface area contributed by atoms with Crippen LogP contribution >= 0.6 is 11.6 Å². The van der Waals surface area contributed by atoms with Crippen molar-refractivity contribution in [3.63, 3.8) is 0 Å². The van der Waals surface area contributed by atoms with Crippen molar-refractivity contribution in [2.75, 3.05) is 25.5 Å². The smallest absolute Gasteiger partial charge is 0.271 e. The summed E-state index contributed by atoms with van der Waals surface area (Å²) in [6, 6.07) is 12.8. The molecule has 7 heteroatoms. The van der Waals surface area contributed by atoms with Crippen LogP contribution in [0.25, 0.3) is 0 Å². The highest BCUT2D eigenvalue weighted by molar-refractivity contribution is 6.30. The van der Waals surface area contributed by atoms with Gasteiger partial charge in [0, 0.05) is 42.8 Å². The van der Waals surface area contributed by atoms with E-state index >= 15 is 0 Å². The maximum atomic E-state index is 11.0. The summed E-state index contributed by atoms with van der Waals surface area (Å²) in [5.41, 5.74) is 1.99. The van der Waals surface area contributed by atoms with Crippen molar-refractivity contribution < 1.29 is 9.66 Å². The van der Waals surface area contributed by atoms with Gasteiger partial charge in [0.15, 0.2) is 0 Å². The molecule has 3 rings (SSSR count). The molecule has 0 aromatic heterocycles. The summed E-state index contributed by atoms with van der Waals surface area (Å²) in [6.45, 7) is 2.85.